The highest BCUT2D eigenvalue weighted by atomic mass is 16.5. The van der Waals surface area contributed by atoms with Gasteiger partial charge in [-0.05, 0) is 25.5 Å². The van der Waals surface area contributed by atoms with Crippen LogP contribution < -0.4 is 15.4 Å². The van der Waals surface area contributed by atoms with Gasteiger partial charge < -0.3 is 15.4 Å². The second-order valence-corrected chi connectivity index (χ2v) is 5.61. The van der Waals surface area contributed by atoms with Crippen LogP contribution in [0.25, 0.3) is 0 Å². The summed E-state index contributed by atoms with van der Waals surface area (Å²) in [5.74, 6) is 1.68. The van der Waals surface area contributed by atoms with Crippen molar-refractivity contribution in [3.8, 4) is 5.75 Å². The maximum Gasteiger partial charge on any atom is 0.191 e. The average molecular weight is 311 g/mol. The van der Waals surface area contributed by atoms with Crippen molar-refractivity contribution in [2.24, 2.45) is 4.99 Å². The topological polar surface area (TPSA) is 45.7 Å². The van der Waals surface area contributed by atoms with Crippen molar-refractivity contribution in [2.45, 2.75) is 33.0 Å². The van der Waals surface area contributed by atoms with Crippen LogP contribution in [0.5, 0.6) is 5.75 Å². The number of hydrogen-bond donors (Lipinski definition) is 2. The third kappa shape index (κ3) is 5.66. The third-order valence-corrected chi connectivity index (χ3v) is 3.31. The van der Waals surface area contributed by atoms with Crippen LogP contribution in [-0.4, -0.2) is 19.0 Å². The van der Waals surface area contributed by atoms with E-state index in [4.69, 9.17) is 4.74 Å². The van der Waals surface area contributed by atoms with Crippen LogP contribution in [0.1, 0.15) is 25.0 Å². The van der Waals surface area contributed by atoms with Crippen LogP contribution in [0.15, 0.2) is 59.6 Å². The number of benzene rings is 2. The van der Waals surface area contributed by atoms with Gasteiger partial charge in [0.1, 0.15) is 12.4 Å². The molecule has 0 atom stereocenters. The maximum absolute atomic E-state index is 5.97. The van der Waals surface area contributed by atoms with E-state index in [1.165, 1.54) is 0 Å². The summed E-state index contributed by atoms with van der Waals surface area (Å²) in [6, 6.07) is 18.6. The van der Waals surface area contributed by atoms with E-state index < -0.39 is 0 Å². The molecule has 0 amide bonds. The molecule has 2 N–H and O–H groups in total. The molecular weight excluding hydrogens is 286 g/mol. The standard InChI is InChI=1S/C19H25N3O/c1-15(2)22-19(20-3)21-13-17-11-7-8-12-18(17)23-14-16-9-5-4-6-10-16/h4-12,15H,13-14H2,1-3H3,(H2,20,21,22). The molecule has 0 radical (unpaired) electrons. The zero-order valence-corrected chi connectivity index (χ0v) is 14.0. The van der Waals surface area contributed by atoms with Crippen molar-refractivity contribution < 1.29 is 4.74 Å². The van der Waals surface area contributed by atoms with Gasteiger partial charge in [0.15, 0.2) is 5.96 Å². The first-order valence-electron chi connectivity index (χ1n) is 7.91. The highest BCUT2D eigenvalue weighted by Gasteiger charge is 2.05. The molecule has 2 aromatic carbocycles. The Labute approximate surface area is 138 Å². The lowest BCUT2D eigenvalue weighted by Crippen LogP contribution is -2.40. The zero-order valence-electron chi connectivity index (χ0n) is 14.0. The summed E-state index contributed by atoms with van der Waals surface area (Å²) < 4.78 is 5.97. The Morgan fingerprint density at radius 3 is 2.43 bits per heavy atom. The monoisotopic (exact) mass is 311 g/mol. The molecule has 2 aromatic rings. The quantitative estimate of drug-likeness (QED) is 0.635. The highest BCUT2D eigenvalue weighted by Crippen LogP contribution is 2.19. The lowest BCUT2D eigenvalue weighted by Gasteiger charge is -2.16. The van der Waals surface area contributed by atoms with E-state index in [9.17, 15) is 0 Å². The molecule has 2 rings (SSSR count). The molecule has 4 nitrogen and oxygen atoms in total. The molecule has 122 valence electrons. The van der Waals surface area contributed by atoms with Crippen LogP contribution in [-0.2, 0) is 13.2 Å². The van der Waals surface area contributed by atoms with E-state index in [-0.39, 0.29) is 0 Å². The van der Waals surface area contributed by atoms with Crippen molar-refractivity contribution in [3.05, 3.63) is 65.7 Å². The summed E-state index contributed by atoms with van der Waals surface area (Å²) in [4.78, 5) is 4.22. The van der Waals surface area contributed by atoms with Gasteiger partial charge in [-0.25, -0.2) is 0 Å². The molecule has 0 aliphatic carbocycles. The van der Waals surface area contributed by atoms with Crippen molar-refractivity contribution in [1.82, 2.24) is 10.6 Å². The number of aliphatic imine (C=N–C) groups is 1. The number of rotatable bonds is 6. The van der Waals surface area contributed by atoms with E-state index in [1.54, 1.807) is 7.05 Å². The Bertz CT molecular complexity index is 624. The van der Waals surface area contributed by atoms with Crippen LogP contribution in [0.4, 0.5) is 0 Å². The second-order valence-electron chi connectivity index (χ2n) is 5.61. The summed E-state index contributed by atoms with van der Waals surface area (Å²) >= 11 is 0. The molecule has 0 spiro atoms. The van der Waals surface area contributed by atoms with Gasteiger partial charge in [0.05, 0.1) is 0 Å². The van der Waals surface area contributed by atoms with Crippen molar-refractivity contribution in [3.63, 3.8) is 0 Å². The first kappa shape index (κ1) is 16.9. The summed E-state index contributed by atoms with van der Waals surface area (Å²) in [7, 11) is 1.77. The summed E-state index contributed by atoms with van der Waals surface area (Å²) in [5.41, 5.74) is 2.27. The Morgan fingerprint density at radius 1 is 1.04 bits per heavy atom. The number of nitrogens with zero attached hydrogens (tertiary/aromatic N) is 1. The first-order valence-corrected chi connectivity index (χ1v) is 7.91. The predicted octanol–water partition coefficient (Wildman–Crippen LogP) is 3.34. The van der Waals surface area contributed by atoms with Gasteiger partial charge in [-0.2, -0.15) is 0 Å². The molecule has 0 heterocycles. The minimum Gasteiger partial charge on any atom is -0.489 e. The zero-order chi connectivity index (χ0) is 16.5. The van der Waals surface area contributed by atoms with Gasteiger partial charge >= 0.3 is 0 Å². The number of guanidine groups is 1. The Morgan fingerprint density at radius 2 is 1.74 bits per heavy atom. The van der Waals surface area contributed by atoms with Crippen LogP contribution in [0.2, 0.25) is 0 Å². The SMILES string of the molecule is CN=C(NCc1ccccc1OCc1ccccc1)NC(C)C. The lowest BCUT2D eigenvalue weighted by molar-refractivity contribution is 0.302. The Kier molecular flexibility index (Phi) is 6.48. The van der Waals surface area contributed by atoms with Gasteiger partial charge in [-0.15, -0.1) is 0 Å². The molecule has 0 bridgehead atoms. The molecule has 0 saturated heterocycles. The van der Waals surface area contributed by atoms with Crippen LogP contribution in [0.3, 0.4) is 0 Å². The highest BCUT2D eigenvalue weighted by molar-refractivity contribution is 5.79. The van der Waals surface area contributed by atoms with Crippen LogP contribution in [0, 0.1) is 0 Å². The van der Waals surface area contributed by atoms with E-state index >= 15 is 0 Å². The number of hydrogen-bond acceptors (Lipinski definition) is 2. The minimum absolute atomic E-state index is 0.339. The van der Waals surface area contributed by atoms with E-state index in [1.807, 2.05) is 36.4 Å². The van der Waals surface area contributed by atoms with E-state index in [2.05, 4.69) is 47.7 Å². The molecule has 0 fully saturated rings. The lowest BCUT2D eigenvalue weighted by atomic mass is 10.2. The van der Waals surface area contributed by atoms with E-state index in [0.29, 0.717) is 19.2 Å². The summed E-state index contributed by atoms with van der Waals surface area (Å²) in [6.07, 6.45) is 0. The van der Waals surface area contributed by atoms with Gasteiger partial charge in [-0.3, -0.25) is 4.99 Å². The largest absolute Gasteiger partial charge is 0.489 e. The Balaban J connectivity index is 1.97. The fraction of sp³-hybridized carbons (Fsp3) is 0.316. The normalized spacial score (nSPS) is 11.4. The van der Waals surface area contributed by atoms with Gasteiger partial charge in [0.2, 0.25) is 0 Å². The van der Waals surface area contributed by atoms with Crippen molar-refractivity contribution in [1.29, 1.82) is 0 Å². The van der Waals surface area contributed by atoms with Gasteiger partial charge in [0, 0.05) is 25.2 Å². The number of para-hydroxylation sites is 1. The van der Waals surface area contributed by atoms with Crippen molar-refractivity contribution in [2.75, 3.05) is 7.05 Å². The molecule has 0 aliphatic heterocycles. The molecular formula is C19H25N3O. The van der Waals surface area contributed by atoms with E-state index in [0.717, 1.165) is 22.8 Å². The van der Waals surface area contributed by atoms with Gasteiger partial charge in [-0.1, -0.05) is 48.5 Å². The maximum atomic E-state index is 5.97. The molecule has 23 heavy (non-hydrogen) atoms. The summed E-state index contributed by atoms with van der Waals surface area (Å²) in [6.45, 7) is 5.40. The predicted molar refractivity (Wildman–Crippen MR) is 95.7 cm³/mol. The first-order chi connectivity index (χ1) is 11.2. The molecule has 0 unspecified atom stereocenters. The average Bonchev–Trinajstić information content (AvgIpc) is 2.58. The minimum atomic E-state index is 0.339. The molecule has 0 saturated carbocycles. The van der Waals surface area contributed by atoms with Gasteiger partial charge in [0.25, 0.3) is 0 Å². The Hall–Kier alpha value is -2.49. The molecule has 4 heteroatoms. The fourth-order valence-corrected chi connectivity index (χ4v) is 2.17. The second kappa shape index (κ2) is 8.83. The van der Waals surface area contributed by atoms with Crippen LogP contribution >= 0.6 is 0 Å². The molecule has 0 aromatic heterocycles. The third-order valence-electron chi connectivity index (χ3n) is 3.31. The van der Waals surface area contributed by atoms with Crippen molar-refractivity contribution >= 4 is 5.96 Å². The number of nitrogens with one attached hydrogen (secondary N) is 2. The fourth-order valence-electron chi connectivity index (χ4n) is 2.17. The summed E-state index contributed by atoms with van der Waals surface area (Å²) in [5, 5.41) is 6.59. The smallest absolute Gasteiger partial charge is 0.191 e. The number of ether oxygens (including phenoxy) is 1. The molecule has 0 aliphatic rings.